The Labute approximate surface area is 162 Å². The van der Waals surface area contributed by atoms with Crippen LogP contribution < -0.4 is 20.5 Å². The number of para-hydroxylation sites is 1. The van der Waals surface area contributed by atoms with E-state index in [1.165, 1.54) is 7.11 Å². The molecule has 3 rings (SSSR count). The van der Waals surface area contributed by atoms with Crippen LogP contribution in [0.5, 0.6) is 11.5 Å². The zero-order valence-electron chi connectivity index (χ0n) is 15.2. The Morgan fingerprint density at radius 2 is 1.82 bits per heavy atom. The smallest absolute Gasteiger partial charge is 0.256 e. The third kappa shape index (κ3) is 4.45. The number of benzene rings is 2. The van der Waals surface area contributed by atoms with E-state index < -0.39 is 5.91 Å². The summed E-state index contributed by atoms with van der Waals surface area (Å²) in [6, 6.07) is 17.1. The molecular weight excluding hydrogens is 358 g/mol. The first-order chi connectivity index (χ1) is 13.6. The predicted octanol–water partition coefficient (Wildman–Crippen LogP) is 3.02. The van der Waals surface area contributed by atoms with Crippen molar-refractivity contribution in [1.82, 2.24) is 4.98 Å². The molecule has 0 bridgehead atoms. The third-order valence-corrected chi connectivity index (χ3v) is 3.96. The van der Waals surface area contributed by atoms with E-state index in [0.717, 1.165) is 5.56 Å². The summed E-state index contributed by atoms with van der Waals surface area (Å²) in [7, 11) is 1.51. The topological polar surface area (TPSA) is 104 Å². The number of aromatic nitrogens is 1. The Bertz CT molecular complexity index is 1000. The molecule has 0 aliphatic heterocycles. The lowest BCUT2D eigenvalue weighted by Gasteiger charge is -2.11. The monoisotopic (exact) mass is 377 g/mol. The zero-order valence-corrected chi connectivity index (χ0v) is 15.2. The Hall–Kier alpha value is -3.87. The first-order valence-corrected chi connectivity index (χ1v) is 8.49. The largest absolute Gasteiger partial charge is 0.493 e. The molecule has 2 aromatic carbocycles. The van der Waals surface area contributed by atoms with Crippen molar-refractivity contribution in [3.63, 3.8) is 0 Å². The molecule has 0 atom stereocenters. The standard InChI is InChI=1S/C21H19N3O4/c1-27-18-10-5-11-23-20(18)24-21(26)15-7-4-6-14(12-15)13-28-17-9-3-2-8-16(17)19(22)25/h2-12H,13H2,1H3,(H2,22,25)(H,23,24,26). The molecule has 7 heteroatoms. The molecule has 1 heterocycles. The van der Waals surface area contributed by atoms with Crippen molar-refractivity contribution in [3.8, 4) is 11.5 Å². The number of nitrogens with one attached hydrogen (secondary N) is 1. The molecule has 0 aliphatic rings. The van der Waals surface area contributed by atoms with Gasteiger partial charge in [0, 0.05) is 11.8 Å². The van der Waals surface area contributed by atoms with E-state index in [-0.39, 0.29) is 12.5 Å². The number of carbonyl (C=O) groups is 2. The minimum atomic E-state index is -0.562. The van der Waals surface area contributed by atoms with Gasteiger partial charge in [-0.05, 0) is 42.0 Å². The fourth-order valence-corrected chi connectivity index (χ4v) is 2.59. The van der Waals surface area contributed by atoms with Crippen LogP contribution in [0.2, 0.25) is 0 Å². The molecule has 0 spiro atoms. The zero-order chi connectivity index (χ0) is 19.9. The van der Waals surface area contributed by atoms with Gasteiger partial charge in [-0.2, -0.15) is 0 Å². The van der Waals surface area contributed by atoms with Crippen LogP contribution in [-0.2, 0) is 6.61 Å². The average Bonchev–Trinajstić information content (AvgIpc) is 2.73. The maximum atomic E-state index is 12.5. The molecule has 28 heavy (non-hydrogen) atoms. The van der Waals surface area contributed by atoms with Gasteiger partial charge in [0.05, 0.1) is 12.7 Å². The molecule has 142 valence electrons. The van der Waals surface area contributed by atoms with Gasteiger partial charge in [0.15, 0.2) is 11.6 Å². The summed E-state index contributed by atoms with van der Waals surface area (Å²) >= 11 is 0. The van der Waals surface area contributed by atoms with Crippen LogP contribution in [0.25, 0.3) is 0 Å². The van der Waals surface area contributed by atoms with Gasteiger partial charge in [-0.1, -0.05) is 24.3 Å². The van der Waals surface area contributed by atoms with Gasteiger partial charge in [0.2, 0.25) is 0 Å². The van der Waals surface area contributed by atoms with E-state index in [4.69, 9.17) is 15.2 Å². The van der Waals surface area contributed by atoms with Gasteiger partial charge >= 0.3 is 0 Å². The van der Waals surface area contributed by atoms with E-state index in [0.29, 0.717) is 28.4 Å². The Morgan fingerprint density at radius 3 is 2.61 bits per heavy atom. The number of hydrogen-bond donors (Lipinski definition) is 2. The Kier molecular flexibility index (Phi) is 5.86. The maximum absolute atomic E-state index is 12.5. The van der Waals surface area contributed by atoms with E-state index in [1.807, 2.05) is 6.07 Å². The molecule has 0 saturated heterocycles. The van der Waals surface area contributed by atoms with Gasteiger partial charge in [-0.25, -0.2) is 4.98 Å². The summed E-state index contributed by atoms with van der Waals surface area (Å²) in [5, 5.41) is 2.73. The molecule has 0 radical (unpaired) electrons. The van der Waals surface area contributed by atoms with Gasteiger partial charge in [-0.3, -0.25) is 9.59 Å². The number of nitrogens with two attached hydrogens (primary N) is 1. The number of amides is 2. The minimum Gasteiger partial charge on any atom is -0.493 e. The molecule has 1 aromatic heterocycles. The van der Waals surface area contributed by atoms with Gasteiger partial charge in [0.1, 0.15) is 12.4 Å². The highest BCUT2D eigenvalue weighted by Gasteiger charge is 2.12. The number of nitrogens with zero attached hydrogens (tertiary/aromatic N) is 1. The van der Waals surface area contributed by atoms with Crippen LogP contribution in [0.1, 0.15) is 26.3 Å². The highest BCUT2D eigenvalue weighted by molar-refractivity contribution is 6.04. The van der Waals surface area contributed by atoms with Crippen molar-refractivity contribution in [2.75, 3.05) is 12.4 Å². The first-order valence-electron chi connectivity index (χ1n) is 8.49. The third-order valence-electron chi connectivity index (χ3n) is 3.96. The van der Waals surface area contributed by atoms with Crippen LogP contribution >= 0.6 is 0 Å². The molecule has 0 aliphatic carbocycles. The van der Waals surface area contributed by atoms with E-state index in [1.54, 1.807) is 60.8 Å². The second-order valence-corrected chi connectivity index (χ2v) is 5.86. The summed E-state index contributed by atoms with van der Waals surface area (Å²) in [5.41, 5.74) is 6.87. The van der Waals surface area contributed by atoms with Crippen molar-refractivity contribution in [3.05, 3.63) is 83.6 Å². The molecule has 0 saturated carbocycles. The van der Waals surface area contributed by atoms with E-state index in [9.17, 15) is 9.59 Å². The molecule has 0 fully saturated rings. The molecule has 3 N–H and O–H groups in total. The van der Waals surface area contributed by atoms with Gasteiger partial charge in [0.25, 0.3) is 11.8 Å². The first kappa shape index (κ1) is 18.9. The van der Waals surface area contributed by atoms with Crippen molar-refractivity contribution >= 4 is 17.6 Å². The quantitative estimate of drug-likeness (QED) is 0.659. The Balaban J connectivity index is 1.72. The highest BCUT2D eigenvalue weighted by Crippen LogP contribution is 2.22. The summed E-state index contributed by atoms with van der Waals surface area (Å²) < 4.78 is 10.9. The summed E-state index contributed by atoms with van der Waals surface area (Å²) in [6.07, 6.45) is 1.57. The normalized spacial score (nSPS) is 10.2. The number of carbonyl (C=O) groups excluding carboxylic acids is 2. The molecule has 7 nitrogen and oxygen atoms in total. The summed E-state index contributed by atoms with van der Waals surface area (Å²) in [4.78, 5) is 28.1. The number of primary amides is 1. The minimum absolute atomic E-state index is 0.179. The highest BCUT2D eigenvalue weighted by atomic mass is 16.5. The van der Waals surface area contributed by atoms with Crippen LogP contribution in [0.3, 0.4) is 0 Å². The summed E-state index contributed by atoms with van der Waals surface area (Å²) in [6.45, 7) is 0.179. The van der Waals surface area contributed by atoms with Gasteiger partial charge in [-0.15, -0.1) is 0 Å². The van der Waals surface area contributed by atoms with Crippen molar-refractivity contribution in [1.29, 1.82) is 0 Å². The molecule has 2 amide bonds. The van der Waals surface area contributed by atoms with E-state index in [2.05, 4.69) is 10.3 Å². The second kappa shape index (κ2) is 8.68. The average molecular weight is 377 g/mol. The molecule has 3 aromatic rings. The summed E-state index contributed by atoms with van der Waals surface area (Å²) in [5.74, 6) is 0.318. The number of anilines is 1. The molecular formula is C21H19N3O4. The van der Waals surface area contributed by atoms with E-state index >= 15 is 0 Å². The Morgan fingerprint density at radius 1 is 1.04 bits per heavy atom. The lowest BCUT2D eigenvalue weighted by atomic mass is 10.1. The predicted molar refractivity (Wildman–Crippen MR) is 104 cm³/mol. The van der Waals surface area contributed by atoms with Crippen molar-refractivity contribution in [2.24, 2.45) is 5.73 Å². The molecule has 0 unspecified atom stereocenters. The van der Waals surface area contributed by atoms with Crippen LogP contribution in [0.15, 0.2) is 66.9 Å². The second-order valence-electron chi connectivity index (χ2n) is 5.86. The number of pyridine rings is 1. The fraction of sp³-hybridized carbons (Fsp3) is 0.0952. The maximum Gasteiger partial charge on any atom is 0.256 e. The number of rotatable bonds is 7. The van der Waals surface area contributed by atoms with Crippen LogP contribution in [0.4, 0.5) is 5.82 Å². The lowest BCUT2D eigenvalue weighted by Crippen LogP contribution is -2.14. The fourth-order valence-electron chi connectivity index (χ4n) is 2.59. The van der Waals surface area contributed by atoms with Gasteiger partial charge < -0.3 is 20.5 Å². The van der Waals surface area contributed by atoms with Crippen LogP contribution in [0, 0.1) is 0 Å². The number of methoxy groups -OCH3 is 1. The lowest BCUT2D eigenvalue weighted by molar-refractivity contribution is 0.0994. The SMILES string of the molecule is COc1cccnc1NC(=O)c1cccc(COc2ccccc2C(N)=O)c1. The number of hydrogen-bond acceptors (Lipinski definition) is 5. The van der Waals surface area contributed by atoms with Crippen molar-refractivity contribution in [2.45, 2.75) is 6.61 Å². The number of ether oxygens (including phenoxy) is 2. The van der Waals surface area contributed by atoms with Crippen LogP contribution in [-0.4, -0.2) is 23.9 Å². The van der Waals surface area contributed by atoms with Crippen molar-refractivity contribution < 1.29 is 19.1 Å².